The van der Waals surface area contributed by atoms with E-state index in [1.165, 1.54) is 44.4 Å². The summed E-state index contributed by atoms with van der Waals surface area (Å²) in [5.74, 6) is 1.07. The maximum Gasteiger partial charge on any atom is 0.191 e. The van der Waals surface area contributed by atoms with E-state index < -0.39 is 0 Å². The fraction of sp³-hybridized carbons (Fsp3) is 0.632. The Balaban J connectivity index is 1.35. The van der Waals surface area contributed by atoms with Crippen molar-refractivity contribution in [1.29, 1.82) is 0 Å². The Hall–Kier alpha value is -1.82. The summed E-state index contributed by atoms with van der Waals surface area (Å²) in [6, 6.07) is 7.45. The molecule has 0 radical (unpaired) electrons. The van der Waals surface area contributed by atoms with E-state index in [1.54, 1.807) is 19.2 Å². The molecule has 0 spiro atoms. The zero-order valence-electron chi connectivity index (χ0n) is 15.0. The van der Waals surface area contributed by atoms with Gasteiger partial charge in [-0.2, -0.15) is 0 Å². The topological polar surface area (TPSA) is 48.9 Å². The molecule has 138 valence electrons. The smallest absolute Gasteiger partial charge is 0.191 e. The predicted molar refractivity (Wildman–Crippen MR) is 98.6 cm³/mol. The number of ether oxygens (including phenoxy) is 1. The van der Waals surface area contributed by atoms with E-state index in [9.17, 15) is 4.39 Å². The zero-order chi connectivity index (χ0) is 17.5. The van der Waals surface area contributed by atoms with Crippen LogP contribution in [0.4, 0.5) is 4.39 Å². The SMILES string of the molecule is CN=C(NCCOc1cccc(F)c1)NC1CCN(C2CCCC2)C1. The number of halogens is 1. The monoisotopic (exact) mass is 348 g/mol. The minimum absolute atomic E-state index is 0.281. The summed E-state index contributed by atoms with van der Waals surface area (Å²) in [7, 11) is 1.78. The number of likely N-dealkylation sites (tertiary alicyclic amines) is 1. The standard InChI is InChI=1S/C19H29FN4O/c1-21-19(22-10-12-25-18-8-4-5-15(20)13-18)23-16-9-11-24(14-16)17-6-2-3-7-17/h4-5,8,13,16-17H,2-3,6-7,9-12,14H2,1H3,(H2,21,22,23). The number of aliphatic imine (C=N–C) groups is 1. The van der Waals surface area contributed by atoms with E-state index in [2.05, 4.69) is 20.5 Å². The molecule has 6 heteroatoms. The number of rotatable bonds is 6. The first kappa shape index (κ1) is 18.0. The maximum atomic E-state index is 13.1. The van der Waals surface area contributed by atoms with Gasteiger partial charge in [0.15, 0.2) is 5.96 Å². The molecule has 25 heavy (non-hydrogen) atoms. The Morgan fingerprint density at radius 2 is 2.16 bits per heavy atom. The lowest BCUT2D eigenvalue weighted by atomic mass is 10.2. The Labute approximate surface area is 149 Å². The van der Waals surface area contributed by atoms with Crippen molar-refractivity contribution in [1.82, 2.24) is 15.5 Å². The highest BCUT2D eigenvalue weighted by Crippen LogP contribution is 2.26. The molecule has 0 amide bonds. The molecule has 1 heterocycles. The third kappa shape index (κ3) is 5.33. The molecule has 1 aliphatic carbocycles. The van der Waals surface area contributed by atoms with E-state index >= 15 is 0 Å². The van der Waals surface area contributed by atoms with Crippen molar-refractivity contribution in [2.75, 3.05) is 33.3 Å². The number of hydrogen-bond donors (Lipinski definition) is 2. The van der Waals surface area contributed by atoms with Crippen LogP contribution in [0.2, 0.25) is 0 Å². The second kappa shape index (κ2) is 9.04. The lowest BCUT2D eigenvalue weighted by Gasteiger charge is -2.24. The Bertz CT molecular complexity index is 574. The van der Waals surface area contributed by atoms with Crippen molar-refractivity contribution in [2.24, 2.45) is 4.99 Å². The van der Waals surface area contributed by atoms with Gasteiger partial charge in [-0.25, -0.2) is 4.39 Å². The second-order valence-electron chi connectivity index (χ2n) is 6.87. The highest BCUT2D eigenvalue weighted by molar-refractivity contribution is 5.80. The molecule has 0 aromatic heterocycles. The van der Waals surface area contributed by atoms with Gasteiger partial charge in [-0.3, -0.25) is 9.89 Å². The normalized spacial score (nSPS) is 22.3. The molecular weight excluding hydrogens is 319 g/mol. The van der Waals surface area contributed by atoms with Crippen LogP contribution in [0.25, 0.3) is 0 Å². The molecular formula is C19H29FN4O. The second-order valence-corrected chi connectivity index (χ2v) is 6.87. The van der Waals surface area contributed by atoms with Gasteiger partial charge in [-0.05, 0) is 31.4 Å². The molecule has 1 unspecified atom stereocenters. The molecule has 5 nitrogen and oxygen atoms in total. The average molecular weight is 348 g/mol. The van der Waals surface area contributed by atoms with Crippen LogP contribution < -0.4 is 15.4 Å². The largest absolute Gasteiger partial charge is 0.492 e. The van der Waals surface area contributed by atoms with Gasteiger partial charge in [0, 0.05) is 38.3 Å². The summed E-state index contributed by atoms with van der Waals surface area (Å²) in [4.78, 5) is 6.92. The Morgan fingerprint density at radius 1 is 1.32 bits per heavy atom. The van der Waals surface area contributed by atoms with Crippen molar-refractivity contribution in [2.45, 2.75) is 44.2 Å². The maximum absolute atomic E-state index is 13.1. The first-order valence-electron chi connectivity index (χ1n) is 9.34. The summed E-state index contributed by atoms with van der Waals surface area (Å²) < 4.78 is 18.6. The summed E-state index contributed by atoms with van der Waals surface area (Å²) in [5.41, 5.74) is 0. The van der Waals surface area contributed by atoms with E-state index in [1.807, 2.05) is 0 Å². The molecule has 1 saturated heterocycles. The third-order valence-electron chi connectivity index (χ3n) is 5.08. The lowest BCUT2D eigenvalue weighted by Crippen LogP contribution is -2.46. The fourth-order valence-electron chi connectivity index (χ4n) is 3.79. The summed E-state index contributed by atoms with van der Waals surface area (Å²) in [6.07, 6.45) is 6.65. The van der Waals surface area contributed by atoms with Gasteiger partial charge in [0.1, 0.15) is 18.2 Å². The minimum atomic E-state index is -0.281. The summed E-state index contributed by atoms with van der Waals surface area (Å²) in [5, 5.41) is 6.78. The number of benzene rings is 1. The van der Waals surface area contributed by atoms with Gasteiger partial charge in [0.2, 0.25) is 0 Å². The molecule has 1 saturated carbocycles. The van der Waals surface area contributed by atoms with Crippen molar-refractivity contribution in [3.05, 3.63) is 30.1 Å². The van der Waals surface area contributed by atoms with Crippen LogP contribution in [0.15, 0.2) is 29.3 Å². The number of guanidine groups is 1. The molecule has 1 aromatic carbocycles. The lowest BCUT2D eigenvalue weighted by molar-refractivity contribution is 0.242. The van der Waals surface area contributed by atoms with E-state index in [0.29, 0.717) is 24.9 Å². The first-order valence-corrected chi connectivity index (χ1v) is 9.34. The van der Waals surface area contributed by atoms with Gasteiger partial charge >= 0.3 is 0 Å². The van der Waals surface area contributed by atoms with Crippen molar-refractivity contribution in [3.8, 4) is 5.75 Å². The molecule has 1 atom stereocenters. The van der Waals surface area contributed by atoms with Crippen molar-refractivity contribution < 1.29 is 9.13 Å². The molecule has 2 N–H and O–H groups in total. The molecule has 2 aliphatic rings. The van der Waals surface area contributed by atoms with Gasteiger partial charge in [-0.1, -0.05) is 18.9 Å². The van der Waals surface area contributed by atoms with Gasteiger partial charge < -0.3 is 15.4 Å². The van der Waals surface area contributed by atoms with Crippen LogP contribution in [0, 0.1) is 5.82 Å². The van der Waals surface area contributed by atoms with Gasteiger partial charge in [-0.15, -0.1) is 0 Å². The van der Waals surface area contributed by atoms with Gasteiger partial charge in [0.05, 0.1) is 6.54 Å². The minimum Gasteiger partial charge on any atom is -0.492 e. The van der Waals surface area contributed by atoms with E-state index in [-0.39, 0.29) is 5.82 Å². The first-order chi connectivity index (χ1) is 12.2. The third-order valence-corrected chi connectivity index (χ3v) is 5.08. The predicted octanol–water partition coefficient (Wildman–Crippen LogP) is 2.39. The van der Waals surface area contributed by atoms with Crippen LogP contribution in [0.1, 0.15) is 32.1 Å². The fourth-order valence-corrected chi connectivity index (χ4v) is 3.79. The highest BCUT2D eigenvalue weighted by atomic mass is 19.1. The number of hydrogen-bond acceptors (Lipinski definition) is 3. The van der Waals surface area contributed by atoms with Crippen LogP contribution >= 0.6 is 0 Å². The summed E-state index contributed by atoms with van der Waals surface area (Å²) >= 11 is 0. The molecule has 0 bridgehead atoms. The molecule has 3 rings (SSSR count). The molecule has 1 aliphatic heterocycles. The zero-order valence-corrected chi connectivity index (χ0v) is 15.0. The van der Waals surface area contributed by atoms with Crippen LogP contribution in [-0.4, -0.2) is 56.2 Å². The Kier molecular flexibility index (Phi) is 6.50. The number of nitrogens with zero attached hydrogens (tertiary/aromatic N) is 2. The van der Waals surface area contributed by atoms with Crippen LogP contribution in [-0.2, 0) is 0 Å². The van der Waals surface area contributed by atoms with E-state index in [0.717, 1.165) is 25.0 Å². The summed E-state index contributed by atoms with van der Waals surface area (Å²) in [6.45, 7) is 3.37. The number of nitrogens with one attached hydrogen (secondary N) is 2. The van der Waals surface area contributed by atoms with Crippen LogP contribution in [0.3, 0.4) is 0 Å². The Morgan fingerprint density at radius 3 is 2.92 bits per heavy atom. The van der Waals surface area contributed by atoms with Gasteiger partial charge in [0.25, 0.3) is 0 Å². The average Bonchev–Trinajstić information content (AvgIpc) is 3.29. The van der Waals surface area contributed by atoms with E-state index in [4.69, 9.17) is 4.74 Å². The van der Waals surface area contributed by atoms with Crippen LogP contribution in [0.5, 0.6) is 5.75 Å². The molecule has 1 aromatic rings. The highest BCUT2D eigenvalue weighted by Gasteiger charge is 2.30. The van der Waals surface area contributed by atoms with Crippen molar-refractivity contribution in [3.63, 3.8) is 0 Å². The van der Waals surface area contributed by atoms with Crippen molar-refractivity contribution >= 4 is 5.96 Å². The quantitative estimate of drug-likeness (QED) is 0.471. The molecule has 2 fully saturated rings.